The van der Waals surface area contributed by atoms with Crippen LogP contribution in [-0.2, 0) is 23.9 Å². The second-order valence-corrected chi connectivity index (χ2v) is 5.08. The molecule has 0 bridgehead atoms. The van der Waals surface area contributed by atoms with E-state index in [9.17, 15) is 9.59 Å². The highest BCUT2D eigenvalue weighted by Crippen LogP contribution is 2.50. The standard InChI is InChI=1S/C12H17NO5/c1-2-16-11(15)10-8-4-3-5-12(8)7-17-9(14)6-13(12)18-10/h8,10H,2-7H2,1H3/t8-,10+,12+/m1/s1. The summed E-state index contributed by atoms with van der Waals surface area (Å²) in [5, 5.41) is 1.66. The van der Waals surface area contributed by atoms with Crippen molar-refractivity contribution in [3.05, 3.63) is 0 Å². The molecule has 0 N–H and O–H groups in total. The molecule has 0 aromatic rings. The number of hydrogen-bond donors (Lipinski definition) is 0. The van der Waals surface area contributed by atoms with Crippen LogP contribution in [0.5, 0.6) is 0 Å². The lowest BCUT2D eigenvalue weighted by Crippen LogP contribution is -2.55. The Morgan fingerprint density at radius 2 is 2.44 bits per heavy atom. The summed E-state index contributed by atoms with van der Waals surface area (Å²) in [6.45, 7) is 2.55. The summed E-state index contributed by atoms with van der Waals surface area (Å²) in [5.74, 6) is -0.550. The Hall–Kier alpha value is -1.14. The zero-order chi connectivity index (χ0) is 12.8. The fourth-order valence-electron chi connectivity index (χ4n) is 3.39. The first-order valence-corrected chi connectivity index (χ1v) is 6.44. The van der Waals surface area contributed by atoms with Gasteiger partial charge in [-0.25, -0.2) is 4.79 Å². The minimum Gasteiger partial charge on any atom is -0.464 e. The monoisotopic (exact) mass is 255 g/mol. The van der Waals surface area contributed by atoms with Gasteiger partial charge in [0, 0.05) is 5.92 Å². The third-order valence-electron chi connectivity index (χ3n) is 4.19. The Morgan fingerprint density at radius 1 is 1.61 bits per heavy atom. The van der Waals surface area contributed by atoms with Crippen molar-refractivity contribution in [2.24, 2.45) is 5.92 Å². The van der Waals surface area contributed by atoms with Crippen molar-refractivity contribution >= 4 is 11.9 Å². The maximum absolute atomic E-state index is 11.9. The van der Waals surface area contributed by atoms with Gasteiger partial charge in [0.1, 0.15) is 13.2 Å². The summed E-state index contributed by atoms with van der Waals surface area (Å²) >= 11 is 0. The van der Waals surface area contributed by atoms with E-state index in [1.165, 1.54) is 0 Å². The van der Waals surface area contributed by atoms with E-state index in [1.54, 1.807) is 12.0 Å². The van der Waals surface area contributed by atoms with Gasteiger partial charge in [-0.05, 0) is 19.8 Å². The van der Waals surface area contributed by atoms with Crippen LogP contribution in [0.4, 0.5) is 0 Å². The van der Waals surface area contributed by atoms with Gasteiger partial charge >= 0.3 is 11.9 Å². The molecular weight excluding hydrogens is 238 g/mol. The quantitative estimate of drug-likeness (QED) is 0.659. The Bertz CT molecular complexity index is 385. The van der Waals surface area contributed by atoms with Crippen LogP contribution in [-0.4, -0.2) is 48.4 Å². The lowest BCUT2D eigenvalue weighted by Gasteiger charge is -2.38. The van der Waals surface area contributed by atoms with Crippen LogP contribution < -0.4 is 0 Å². The predicted octanol–water partition coefficient (Wildman–Crippen LogP) is 0.261. The van der Waals surface area contributed by atoms with E-state index in [0.29, 0.717) is 13.2 Å². The first kappa shape index (κ1) is 11.9. The number of esters is 2. The predicted molar refractivity (Wildman–Crippen MR) is 59.2 cm³/mol. The van der Waals surface area contributed by atoms with Crippen LogP contribution in [0.15, 0.2) is 0 Å². The van der Waals surface area contributed by atoms with E-state index in [1.807, 2.05) is 0 Å². The number of cyclic esters (lactones) is 1. The van der Waals surface area contributed by atoms with Crippen molar-refractivity contribution in [1.82, 2.24) is 5.06 Å². The molecule has 3 fully saturated rings. The largest absolute Gasteiger partial charge is 0.464 e. The lowest BCUT2D eigenvalue weighted by molar-refractivity contribution is -0.230. The molecule has 1 aliphatic carbocycles. The van der Waals surface area contributed by atoms with Gasteiger partial charge in [-0.15, -0.1) is 0 Å². The maximum Gasteiger partial charge on any atom is 0.337 e. The number of hydroxylamine groups is 2. The van der Waals surface area contributed by atoms with Crippen molar-refractivity contribution in [2.45, 2.75) is 37.8 Å². The minimum atomic E-state index is -0.582. The fraction of sp³-hybridized carbons (Fsp3) is 0.833. The Kier molecular flexibility index (Phi) is 2.79. The minimum absolute atomic E-state index is 0.0737. The molecule has 2 heterocycles. The summed E-state index contributed by atoms with van der Waals surface area (Å²) in [7, 11) is 0. The molecule has 18 heavy (non-hydrogen) atoms. The Morgan fingerprint density at radius 3 is 3.22 bits per heavy atom. The maximum atomic E-state index is 11.9. The molecule has 1 spiro atoms. The molecule has 2 aliphatic heterocycles. The van der Waals surface area contributed by atoms with Crippen LogP contribution in [0.3, 0.4) is 0 Å². The fourth-order valence-corrected chi connectivity index (χ4v) is 3.39. The van der Waals surface area contributed by atoms with E-state index in [-0.39, 0.29) is 29.9 Å². The van der Waals surface area contributed by atoms with E-state index in [0.717, 1.165) is 19.3 Å². The third kappa shape index (κ3) is 1.55. The Labute approximate surface area is 105 Å². The van der Waals surface area contributed by atoms with Crippen molar-refractivity contribution in [3.63, 3.8) is 0 Å². The summed E-state index contributed by atoms with van der Waals surface area (Å²) in [6.07, 6.45) is 2.26. The second-order valence-electron chi connectivity index (χ2n) is 5.08. The molecule has 0 aromatic heterocycles. The van der Waals surface area contributed by atoms with E-state index in [4.69, 9.17) is 14.3 Å². The molecule has 0 amide bonds. The van der Waals surface area contributed by atoms with Gasteiger partial charge in [0.2, 0.25) is 0 Å². The molecule has 6 nitrogen and oxygen atoms in total. The van der Waals surface area contributed by atoms with Gasteiger partial charge in [-0.1, -0.05) is 6.42 Å². The molecular formula is C12H17NO5. The molecule has 3 rings (SSSR count). The average molecular weight is 255 g/mol. The van der Waals surface area contributed by atoms with E-state index in [2.05, 4.69) is 0 Å². The SMILES string of the molecule is CCOC(=O)[C@H]1ON2CC(=O)OC[C@]23CCC[C@H]13. The molecule has 0 unspecified atom stereocenters. The summed E-state index contributed by atoms with van der Waals surface area (Å²) in [5.41, 5.74) is -0.300. The zero-order valence-corrected chi connectivity index (χ0v) is 10.4. The highest BCUT2D eigenvalue weighted by Gasteiger charge is 2.62. The molecule has 0 radical (unpaired) electrons. The number of rotatable bonds is 2. The molecule has 2 saturated heterocycles. The van der Waals surface area contributed by atoms with E-state index >= 15 is 0 Å². The Balaban J connectivity index is 1.85. The molecule has 6 heteroatoms. The van der Waals surface area contributed by atoms with Crippen LogP contribution in [0.2, 0.25) is 0 Å². The first-order chi connectivity index (χ1) is 8.67. The topological polar surface area (TPSA) is 65.1 Å². The summed E-state index contributed by atoms with van der Waals surface area (Å²) < 4.78 is 10.2. The first-order valence-electron chi connectivity index (χ1n) is 6.44. The van der Waals surface area contributed by atoms with Crippen LogP contribution in [0.1, 0.15) is 26.2 Å². The molecule has 0 aromatic carbocycles. The molecule has 1 saturated carbocycles. The third-order valence-corrected chi connectivity index (χ3v) is 4.19. The van der Waals surface area contributed by atoms with Gasteiger partial charge in [-0.2, -0.15) is 5.06 Å². The average Bonchev–Trinajstić information content (AvgIpc) is 2.86. The number of carbonyl (C=O) groups is 2. The van der Waals surface area contributed by atoms with Gasteiger partial charge in [0.15, 0.2) is 6.10 Å². The van der Waals surface area contributed by atoms with Crippen LogP contribution in [0, 0.1) is 5.92 Å². The summed E-state index contributed by atoms with van der Waals surface area (Å²) in [4.78, 5) is 28.9. The number of ether oxygens (including phenoxy) is 2. The molecule has 3 atom stereocenters. The van der Waals surface area contributed by atoms with Gasteiger partial charge in [0.05, 0.1) is 12.1 Å². The number of carbonyl (C=O) groups excluding carboxylic acids is 2. The molecule has 3 aliphatic rings. The highest BCUT2D eigenvalue weighted by atomic mass is 16.7. The number of nitrogens with zero attached hydrogens (tertiary/aromatic N) is 1. The van der Waals surface area contributed by atoms with Crippen LogP contribution >= 0.6 is 0 Å². The zero-order valence-electron chi connectivity index (χ0n) is 10.4. The van der Waals surface area contributed by atoms with Crippen molar-refractivity contribution in [1.29, 1.82) is 0 Å². The smallest absolute Gasteiger partial charge is 0.337 e. The second kappa shape index (κ2) is 4.20. The van der Waals surface area contributed by atoms with E-state index < -0.39 is 6.10 Å². The number of hydrogen-bond acceptors (Lipinski definition) is 6. The highest BCUT2D eigenvalue weighted by molar-refractivity contribution is 5.77. The van der Waals surface area contributed by atoms with Crippen molar-refractivity contribution in [2.75, 3.05) is 19.8 Å². The number of morpholine rings is 1. The summed E-state index contributed by atoms with van der Waals surface area (Å²) in [6, 6.07) is 0. The van der Waals surface area contributed by atoms with Crippen molar-refractivity contribution in [3.8, 4) is 0 Å². The lowest BCUT2D eigenvalue weighted by atomic mass is 9.84. The van der Waals surface area contributed by atoms with Crippen LogP contribution in [0.25, 0.3) is 0 Å². The van der Waals surface area contributed by atoms with Crippen molar-refractivity contribution < 1.29 is 23.9 Å². The molecule has 100 valence electrons. The van der Waals surface area contributed by atoms with Gasteiger partial charge < -0.3 is 9.47 Å². The normalized spacial score (nSPS) is 39.1. The van der Waals surface area contributed by atoms with Gasteiger partial charge in [0.25, 0.3) is 0 Å². The van der Waals surface area contributed by atoms with Gasteiger partial charge in [-0.3, -0.25) is 9.63 Å².